The zero-order chi connectivity index (χ0) is 20.5. The van der Waals surface area contributed by atoms with E-state index in [1.165, 1.54) is 12.1 Å². The monoisotopic (exact) mass is 393 g/mol. The topological polar surface area (TPSA) is 42.8 Å². The molecule has 0 heterocycles. The number of carbonyl (C=O) groups is 1. The molecule has 3 rings (SSSR count). The average Bonchev–Trinajstić information content (AvgIpc) is 2.75. The van der Waals surface area contributed by atoms with Crippen LogP contribution < -0.4 is 15.0 Å². The van der Waals surface area contributed by atoms with Crippen molar-refractivity contribution < 1.29 is 18.8 Å². The first-order valence-corrected chi connectivity index (χ1v) is 9.71. The van der Waals surface area contributed by atoms with Gasteiger partial charge in [0, 0.05) is 0 Å². The fourth-order valence-corrected chi connectivity index (χ4v) is 3.10. The molecule has 5 heteroatoms. The predicted octanol–water partition coefficient (Wildman–Crippen LogP) is 2.63. The summed E-state index contributed by atoms with van der Waals surface area (Å²) in [6.07, 6.45) is 0. The van der Waals surface area contributed by atoms with Gasteiger partial charge in [-0.2, -0.15) is 0 Å². The molecule has 3 aromatic carbocycles. The van der Waals surface area contributed by atoms with Crippen LogP contribution >= 0.6 is 0 Å². The lowest BCUT2D eigenvalue weighted by molar-refractivity contribution is -0.871. The van der Waals surface area contributed by atoms with Crippen LogP contribution in [0.3, 0.4) is 0 Å². The number of carbonyl (C=O) groups excluding carboxylic acids is 1. The number of rotatable bonds is 9. The molecule has 0 aliphatic rings. The smallest absolute Gasteiger partial charge is 0.275 e. The van der Waals surface area contributed by atoms with Crippen LogP contribution in [0, 0.1) is 5.82 Å². The van der Waals surface area contributed by atoms with E-state index in [0.29, 0.717) is 25.4 Å². The average molecular weight is 393 g/mol. The Morgan fingerprint density at radius 1 is 0.931 bits per heavy atom. The van der Waals surface area contributed by atoms with Crippen LogP contribution in [0.4, 0.5) is 4.39 Å². The number of quaternary nitrogens is 1. The van der Waals surface area contributed by atoms with E-state index in [-0.39, 0.29) is 17.8 Å². The molecular formula is C24H26FN2O2+. The Morgan fingerprint density at radius 3 is 2.03 bits per heavy atom. The first-order valence-electron chi connectivity index (χ1n) is 9.71. The fraction of sp³-hybridized carbons (Fsp3) is 0.208. The second-order valence-corrected chi connectivity index (χ2v) is 7.01. The van der Waals surface area contributed by atoms with E-state index in [4.69, 9.17) is 4.74 Å². The molecule has 29 heavy (non-hydrogen) atoms. The summed E-state index contributed by atoms with van der Waals surface area (Å²) in [6.45, 7) is 1.45. The maximum Gasteiger partial charge on any atom is 0.275 e. The Morgan fingerprint density at radius 2 is 1.48 bits per heavy atom. The number of nitrogens with one attached hydrogen (secondary N) is 2. The molecule has 1 atom stereocenters. The van der Waals surface area contributed by atoms with Gasteiger partial charge in [-0.05, 0) is 35.4 Å². The molecule has 0 spiro atoms. The van der Waals surface area contributed by atoms with E-state index in [2.05, 4.69) is 5.32 Å². The van der Waals surface area contributed by atoms with Crippen molar-refractivity contribution in [2.24, 2.45) is 0 Å². The lowest BCUT2D eigenvalue weighted by atomic mass is 9.99. The summed E-state index contributed by atoms with van der Waals surface area (Å²) in [5.74, 6) is 0.307. The molecule has 0 radical (unpaired) electrons. The second-order valence-electron chi connectivity index (χ2n) is 7.01. The maximum atomic E-state index is 12.9. The summed E-state index contributed by atoms with van der Waals surface area (Å²) in [4.78, 5) is 13.7. The van der Waals surface area contributed by atoms with Crippen LogP contribution in [0.25, 0.3) is 0 Å². The van der Waals surface area contributed by atoms with Gasteiger partial charge in [-0.3, -0.25) is 4.79 Å². The summed E-state index contributed by atoms with van der Waals surface area (Å²) in [5, 5.41) is 3.15. The van der Waals surface area contributed by atoms with Crippen LogP contribution in [-0.4, -0.2) is 32.7 Å². The first-order chi connectivity index (χ1) is 14.1. The van der Waals surface area contributed by atoms with Gasteiger partial charge in [0.2, 0.25) is 0 Å². The summed E-state index contributed by atoms with van der Waals surface area (Å²) in [6, 6.07) is 25.6. The summed E-state index contributed by atoms with van der Waals surface area (Å²) in [7, 11) is 1.95. The van der Waals surface area contributed by atoms with E-state index >= 15 is 0 Å². The van der Waals surface area contributed by atoms with Gasteiger partial charge < -0.3 is 15.0 Å². The first kappa shape index (κ1) is 20.6. The predicted molar refractivity (Wildman–Crippen MR) is 111 cm³/mol. The van der Waals surface area contributed by atoms with Gasteiger partial charge in [0.05, 0.1) is 13.1 Å². The number of amides is 1. The van der Waals surface area contributed by atoms with Crippen LogP contribution in [0.15, 0.2) is 84.9 Å². The molecule has 1 unspecified atom stereocenters. The van der Waals surface area contributed by atoms with Gasteiger partial charge in [-0.15, -0.1) is 0 Å². The van der Waals surface area contributed by atoms with Crippen LogP contribution in [-0.2, 0) is 4.79 Å². The van der Waals surface area contributed by atoms with Gasteiger partial charge in [-0.1, -0.05) is 60.7 Å². The van der Waals surface area contributed by atoms with Crippen molar-refractivity contribution in [3.05, 3.63) is 102 Å². The van der Waals surface area contributed by atoms with Crippen molar-refractivity contribution in [3.63, 3.8) is 0 Å². The summed E-state index contributed by atoms with van der Waals surface area (Å²) < 4.78 is 18.5. The lowest BCUT2D eigenvalue weighted by Crippen LogP contribution is -3.10. The van der Waals surface area contributed by atoms with Crippen molar-refractivity contribution in [1.29, 1.82) is 0 Å². The number of hydrogen-bond acceptors (Lipinski definition) is 2. The SMILES string of the molecule is C[NH+](CCOc1ccc(F)cc1)CC(=O)NC(c1ccccc1)c1ccccc1. The molecule has 0 saturated heterocycles. The zero-order valence-electron chi connectivity index (χ0n) is 16.5. The van der Waals surface area contributed by atoms with Crippen molar-refractivity contribution in [2.45, 2.75) is 6.04 Å². The van der Waals surface area contributed by atoms with E-state index in [0.717, 1.165) is 16.0 Å². The molecule has 0 aliphatic heterocycles. The van der Waals surface area contributed by atoms with Crippen molar-refractivity contribution in [1.82, 2.24) is 5.32 Å². The molecule has 0 saturated carbocycles. The molecule has 0 bridgehead atoms. The highest BCUT2D eigenvalue weighted by Gasteiger charge is 2.18. The Kier molecular flexibility index (Phi) is 7.36. The van der Waals surface area contributed by atoms with Gasteiger partial charge in [0.25, 0.3) is 5.91 Å². The molecule has 4 nitrogen and oxygen atoms in total. The van der Waals surface area contributed by atoms with E-state index in [1.54, 1.807) is 12.1 Å². The third-order valence-corrected chi connectivity index (χ3v) is 4.64. The molecule has 3 aromatic rings. The Bertz CT molecular complexity index is 846. The van der Waals surface area contributed by atoms with Gasteiger partial charge in [-0.25, -0.2) is 4.39 Å². The minimum atomic E-state index is -0.289. The highest BCUT2D eigenvalue weighted by molar-refractivity contribution is 5.77. The highest BCUT2D eigenvalue weighted by atomic mass is 19.1. The van der Waals surface area contributed by atoms with Crippen molar-refractivity contribution in [2.75, 3.05) is 26.7 Å². The van der Waals surface area contributed by atoms with Crippen LogP contribution in [0.2, 0.25) is 0 Å². The highest BCUT2D eigenvalue weighted by Crippen LogP contribution is 2.21. The van der Waals surface area contributed by atoms with Crippen molar-refractivity contribution in [3.8, 4) is 5.75 Å². The minimum Gasteiger partial charge on any atom is -0.488 e. The number of benzene rings is 3. The molecular weight excluding hydrogens is 367 g/mol. The van der Waals surface area contributed by atoms with E-state index in [1.807, 2.05) is 67.7 Å². The Labute approximate surface area is 170 Å². The number of likely N-dealkylation sites (N-methyl/N-ethyl adjacent to an activating group) is 1. The maximum absolute atomic E-state index is 12.9. The van der Waals surface area contributed by atoms with Gasteiger partial charge >= 0.3 is 0 Å². The van der Waals surface area contributed by atoms with Gasteiger partial charge in [0.15, 0.2) is 6.54 Å². The molecule has 1 amide bonds. The van der Waals surface area contributed by atoms with E-state index < -0.39 is 0 Å². The minimum absolute atomic E-state index is 0.0259. The Hall–Kier alpha value is -3.18. The number of hydrogen-bond donors (Lipinski definition) is 2. The summed E-state index contributed by atoms with van der Waals surface area (Å²) in [5.41, 5.74) is 2.09. The Balaban J connectivity index is 1.53. The van der Waals surface area contributed by atoms with Crippen LogP contribution in [0.1, 0.15) is 17.2 Å². The van der Waals surface area contributed by atoms with Crippen LogP contribution in [0.5, 0.6) is 5.75 Å². The standard InChI is InChI=1S/C24H25FN2O2/c1-27(16-17-29-22-14-12-21(25)13-15-22)18-23(28)26-24(19-8-4-2-5-9-19)20-10-6-3-7-11-20/h2-15,24H,16-18H2,1H3,(H,26,28)/p+1. The fourth-order valence-electron chi connectivity index (χ4n) is 3.10. The molecule has 0 aliphatic carbocycles. The molecule has 0 aromatic heterocycles. The second kappa shape index (κ2) is 10.4. The number of ether oxygens (including phenoxy) is 1. The number of halogens is 1. The third-order valence-electron chi connectivity index (χ3n) is 4.64. The molecule has 2 N–H and O–H groups in total. The van der Waals surface area contributed by atoms with Gasteiger partial charge in [0.1, 0.15) is 24.7 Å². The quantitative estimate of drug-likeness (QED) is 0.587. The summed E-state index contributed by atoms with van der Waals surface area (Å²) >= 11 is 0. The normalized spacial score (nSPS) is 11.8. The largest absolute Gasteiger partial charge is 0.488 e. The van der Waals surface area contributed by atoms with E-state index in [9.17, 15) is 9.18 Å². The molecule has 150 valence electrons. The molecule has 0 fully saturated rings. The lowest BCUT2D eigenvalue weighted by Gasteiger charge is -2.21. The van der Waals surface area contributed by atoms with Crippen molar-refractivity contribution >= 4 is 5.91 Å². The third kappa shape index (κ3) is 6.43. The zero-order valence-corrected chi connectivity index (χ0v) is 16.5.